The molecule has 0 aromatic heterocycles. The van der Waals surface area contributed by atoms with Crippen molar-refractivity contribution in [3.05, 3.63) is 58.1 Å². The molecule has 0 atom stereocenters. The van der Waals surface area contributed by atoms with E-state index in [2.05, 4.69) is 5.32 Å². The van der Waals surface area contributed by atoms with E-state index < -0.39 is 35.0 Å². The first kappa shape index (κ1) is 21.8. The minimum absolute atomic E-state index is 0.0123. The maximum Gasteiger partial charge on any atom is 0.407 e. The lowest BCUT2D eigenvalue weighted by atomic mass is 9.82. The molecule has 9 heteroatoms. The lowest BCUT2D eigenvalue weighted by molar-refractivity contribution is 0.0433. The molecule has 1 aliphatic rings. The molecule has 9 nitrogen and oxygen atoms in total. The summed E-state index contributed by atoms with van der Waals surface area (Å²) in [5.41, 5.74) is -1.48. The van der Waals surface area contributed by atoms with Crippen LogP contribution in [0.4, 0.5) is 4.79 Å². The van der Waals surface area contributed by atoms with E-state index in [-0.39, 0.29) is 46.7 Å². The van der Waals surface area contributed by atoms with Gasteiger partial charge in [-0.15, -0.1) is 0 Å². The van der Waals surface area contributed by atoms with Gasteiger partial charge in [0.2, 0.25) is 5.78 Å². The number of aromatic hydroxyl groups is 2. The quantitative estimate of drug-likeness (QED) is 0.426. The summed E-state index contributed by atoms with van der Waals surface area (Å²) in [6, 6.07) is 6.23. The van der Waals surface area contributed by atoms with Gasteiger partial charge in [0.1, 0.15) is 23.7 Å². The Morgan fingerprint density at radius 1 is 0.968 bits per heavy atom. The highest BCUT2D eigenvalue weighted by atomic mass is 16.6. The molecule has 0 heterocycles. The monoisotopic (exact) mass is 427 g/mol. The van der Waals surface area contributed by atoms with Gasteiger partial charge in [-0.1, -0.05) is 12.1 Å². The number of alkyl carbamates (subject to hydrolysis) is 1. The van der Waals surface area contributed by atoms with E-state index in [1.54, 1.807) is 20.8 Å². The zero-order valence-corrected chi connectivity index (χ0v) is 17.1. The predicted octanol–water partition coefficient (Wildman–Crippen LogP) is 2.55. The molecule has 0 unspecified atom stereocenters. The molecule has 3 N–H and O–H groups in total. The van der Waals surface area contributed by atoms with Crippen molar-refractivity contribution < 1.29 is 38.9 Å². The zero-order valence-electron chi connectivity index (χ0n) is 17.1. The average molecular weight is 427 g/mol. The first-order valence-corrected chi connectivity index (χ1v) is 9.42. The van der Waals surface area contributed by atoms with Gasteiger partial charge in [0.05, 0.1) is 23.2 Å². The normalized spacial score (nSPS) is 12.6. The molecular formula is C22H21NO8. The molecule has 2 aromatic carbocycles. The number of nitrogens with one attached hydrogen (secondary N) is 1. The Balaban J connectivity index is 1.74. The van der Waals surface area contributed by atoms with Crippen molar-refractivity contribution in [2.75, 3.05) is 13.2 Å². The Labute approximate surface area is 177 Å². The van der Waals surface area contributed by atoms with Crippen LogP contribution in [-0.2, 0) is 9.47 Å². The van der Waals surface area contributed by atoms with Crippen LogP contribution >= 0.6 is 0 Å². The summed E-state index contributed by atoms with van der Waals surface area (Å²) in [5, 5.41) is 22.7. The number of ether oxygens (including phenoxy) is 2. The van der Waals surface area contributed by atoms with Crippen LogP contribution in [0.1, 0.15) is 63.0 Å². The second-order valence-electron chi connectivity index (χ2n) is 7.84. The first-order chi connectivity index (χ1) is 14.5. The molecule has 162 valence electrons. The van der Waals surface area contributed by atoms with Gasteiger partial charge in [0, 0.05) is 11.1 Å². The van der Waals surface area contributed by atoms with Crippen LogP contribution in [0.25, 0.3) is 0 Å². The number of carbonyl (C=O) groups is 4. The molecule has 1 amide bonds. The summed E-state index contributed by atoms with van der Waals surface area (Å²) < 4.78 is 10.1. The van der Waals surface area contributed by atoms with E-state index in [0.29, 0.717) is 0 Å². The van der Waals surface area contributed by atoms with E-state index in [1.807, 2.05) is 0 Å². The summed E-state index contributed by atoms with van der Waals surface area (Å²) in [4.78, 5) is 49.4. The number of fused-ring (bicyclic) bond motifs is 2. The average Bonchev–Trinajstić information content (AvgIpc) is 2.67. The topological polar surface area (TPSA) is 139 Å². The highest BCUT2D eigenvalue weighted by molar-refractivity contribution is 6.30. The number of carbonyl (C=O) groups excluding carboxylic acids is 4. The van der Waals surface area contributed by atoms with Crippen molar-refractivity contribution in [3.8, 4) is 11.5 Å². The van der Waals surface area contributed by atoms with Crippen molar-refractivity contribution in [1.29, 1.82) is 0 Å². The minimum atomic E-state index is -0.856. The van der Waals surface area contributed by atoms with Crippen molar-refractivity contribution >= 4 is 23.6 Å². The van der Waals surface area contributed by atoms with E-state index >= 15 is 0 Å². The lowest BCUT2D eigenvalue weighted by Crippen LogP contribution is -2.34. The van der Waals surface area contributed by atoms with Crippen molar-refractivity contribution in [2.24, 2.45) is 0 Å². The standard InChI is InChI=1S/C22H21NO8/c1-22(2,3)31-21(29)23-7-8-30-20(28)11-9-13-17(15(25)10-11)19(27)16-12(18(13)26)5-4-6-14(16)24/h4-6,9-10,24-25H,7-8H2,1-3H3,(H,23,29). The highest BCUT2D eigenvalue weighted by Gasteiger charge is 2.35. The van der Waals surface area contributed by atoms with Gasteiger partial charge in [-0.05, 0) is 39.0 Å². The predicted molar refractivity (Wildman–Crippen MR) is 108 cm³/mol. The smallest absolute Gasteiger partial charge is 0.407 e. The van der Waals surface area contributed by atoms with Gasteiger partial charge in [0.25, 0.3) is 0 Å². The zero-order chi connectivity index (χ0) is 22.9. The van der Waals surface area contributed by atoms with Gasteiger partial charge in [0.15, 0.2) is 5.78 Å². The second kappa shape index (κ2) is 8.10. The van der Waals surface area contributed by atoms with Crippen LogP contribution < -0.4 is 5.32 Å². The number of hydrogen-bond donors (Lipinski definition) is 3. The van der Waals surface area contributed by atoms with Crippen molar-refractivity contribution in [3.63, 3.8) is 0 Å². The Morgan fingerprint density at radius 3 is 2.32 bits per heavy atom. The number of amides is 1. The highest BCUT2D eigenvalue weighted by Crippen LogP contribution is 2.37. The maximum atomic E-state index is 12.8. The van der Waals surface area contributed by atoms with E-state index in [9.17, 15) is 29.4 Å². The summed E-state index contributed by atoms with van der Waals surface area (Å²) in [7, 11) is 0. The third kappa shape index (κ3) is 4.50. The largest absolute Gasteiger partial charge is 0.507 e. The van der Waals surface area contributed by atoms with E-state index in [4.69, 9.17) is 9.47 Å². The van der Waals surface area contributed by atoms with Gasteiger partial charge >= 0.3 is 12.1 Å². The Bertz CT molecular complexity index is 1100. The fourth-order valence-electron chi connectivity index (χ4n) is 3.09. The lowest BCUT2D eigenvalue weighted by Gasteiger charge is -2.20. The van der Waals surface area contributed by atoms with Crippen LogP contribution in [0.5, 0.6) is 11.5 Å². The number of esters is 1. The summed E-state index contributed by atoms with van der Waals surface area (Å²) in [6.07, 6.45) is -0.666. The fraction of sp³-hybridized carbons (Fsp3) is 0.273. The van der Waals surface area contributed by atoms with Crippen LogP contribution in [-0.4, -0.2) is 52.6 Å². The Hall–Kier alpha value is -3.88. The Morgan fingerprint density at radius 2 is 1.65 bits per heavy atom. The van der Waals surface area contributed by atoms with Gasteiger partial charge in [-0.3, -0.25) is 9.59 Å². The third-order valence-corrected chi connectivity index (χ3v) is 4.34. The van der Waals surface area contributed by atoms with Gasteiger partial charge in [-0.25, -0.2) is 9.59 Å². The number of hydrogen-bond acceptors (Lipinski definition) is 8. The Kier molecular flexibility index (Phi) is 5.70. The minimum Gasteiger partial charge on any atom is -0.507 e. The SMILES string of the molecule is CC(C)(C)OC(=O)NCCOC(=O)c1cc(O)c2c(c1)C(=O)c1cccc(O)c1C2=O. The van der Waals surface area contributed by atoms with Crippen LogP contribution in [0.3, 0.4) is 0 Å². The fourth-order valence-corrected chi connectivity index (χ4v) is 3.09. The molecule has 0 aliphatic heterocycles. The molecule has 31 heavy (non-hydrogen) atoms. The van der Waals surface area contributed by atoms with E-state index in [1.165, 1.54) is 18.2 Å². The first-order valence-electron chi connectivity index (χ1n) is 9.42. The molecule has 0 radical (unpaired) electrons. The number of benzene rings is 2. The molecule has 0 fully saturated rings. The summed E-state index contributed by atoms with van der Waals surface area (Å²) in [5.74, 6) is -3.14. The van der Waals surface area contributed by atoms with Crippen LogP contribution in [0.15, 0.2) is 30.3 Å². The summed E-state index contributed by atoms with van der Waals surface area (Å²) >= 11 is 0. The van der Waals surface area contributed by atoms with Crippen LogP contribution in [0.2, 0.25) is 0 Å². The molecule has 0 bridgehead atoms. The van der Waals surface area contributed by atoms with Gasteiger partial charge in [-0.2, -0.15) is 0 Å². The van der Waals surface area contributed by atoms with Gasteiger partial charge < -0.3 is 25.0 Å². The number of rotatable bonds is 4. The van der Waals surface area contributed by atoms with E-state index in [0.717, 1.165) is 12.1 Å². The molecule has 2 aromatic rings. The maximum absolute atomic E-state index is 12.8. The number of phenolic OH excluding ortho intramolecular Hbond substituents is 2. The number of phenols is 2. The van der Waals surface area contributed by atoms with Crippen LogP contribution in [0, 0.1) is 0 Å². The molecular weight excluding hydrogens is 406 g/mol. The second-order valence-corrected chi connectivity index (χ2v) is 7.84. The van der Waals surface area contributed by atoms with Crippen molar-refractivity contribution in [1.82, 2.24) is 5.32 Å². The molecule has 0 saturated carbocycles. The van der Waals surface area contributed by atoms with Crippen molar-refractivity contribution in [2.45, 2.75) is 26.4 Å². The summed E-state index contributed by atoms with van der Waals surface area (Å²) in [6.45, 7) is 4.93. The number of ketones is 2. The third-order valence-electron chi connectivity index (χ3n) is 4.34. The molecule has 0 spiro atoms. The molecule has 1 aliphatic carbocycles. The molecule has 0 saturated heterocycles. The molecule has 3 rings (SSSR count).